The fourth-order valence-electron chi connectivity index (χ4n) is 4.18. The van der Waals surface area contributed by atoms with E-state index in [0.717, 1.165) is 5.41 Å². The largest absolute Gasteiger partial charge is 0.430 e. The smallest absolute Gasteiger partial charge is 0.286 e. The molecule has 2 aromatic heterocycles. The van der Waals surface area contributed by atoms with Crippen molar-refractivity contribution >= 4 is 29.1 Å². The molecule has 26 heavy (non-hydrogen) atoms. The quantitative estimate of drug-likeness (QED) is 0.822. The maximum atomic E-state index is 11.0. The fourth-order valence-corrected chi connectivity index (χ4v) is 4.18. The Kier molecular flexibility index (Phi) is 5.56. The Bertz CT molecular complexity index is 775. The second kappa shape index (κ2) is 7.86. The number of furan rings is 1. The molecule has 7 heteroatoms. The van der Waals surface area contributed by atoms with Crippen LogP contribution in [0.4, 0.5) is 5.69 Å². The van der Waals surface area contributed by atoms with Gasteiger partial charge in [0.05, 0.1) is 5.39 Å². The minimum atomic E-state index is -0.752. The zero-order valence-electron chi connectivity index (χ0n) is 15.2. The standard InChI is InChI=1S/C10H19N.C9H7N3O3/c1-11-8-7-10(9-11)5-3-2-4-6-10;10-8(14)7-6(12-4-13)5-2-1-3-11-9(5)15-7/h2-9H2,1H3;1-4H,(H2,10,14)(H,12,13). The van der Waals surface area contributed by atoms with Crippen molar-refractivity contribution in [1.29, 1.82) is 0 Å². The fraction of sp³-hybridized carbons (Fsp3) is 0.526. The molecule has 140 valence electrons. The molecule has 1 aliphatic heterocycles. The number of anilines is 1. The van der Waals surface area contributed by atoms with Gasteiger partial charge in [-0.05, 0) is 50.4 Å². The summed E-state index contributed by atoms with van der Waals surface area (Å²) in [5.41, 5.74) is 6.37. The van der Waals surface area contributed by atoms with Gasteiger partial charge in [-0.3, -0.25) is 9.59 Å². The summed E-state index contributed by atoms with van der Waals surface area (Å²) in [6.45, 7) is 2.73. The third-order valence-electron chi connectivity index (χ3n) is 5.44. The van der Waals surface area contributed by atoms with E-state index < -0.39 is 5.91 Å². The Morgan fingerprint density at radius 1 is 1.35 bits per heavy atom. The maximum Gasteiger partial charge on any atom is 0.286 e. The Labute approximate surface area is 152 Å². The summed E-state index contributed by atoms with van der Waals surface area (Å²) >= 11 is 0. The van der Waals surface area contributed by atoms with Gasteiger partial charge in [0.25, 0.3) is 5.91 Å². The molecule has 3 N–H and O–H groups in total. The van der Waals surface area contributed by atoms with Crippen LogP contribution in [0.3, 0.4) is 0 Å². The Balaban J connectivity index is 0.000000158. The lowest BCUT2D eigenvalue weighted by Crippen LogP contribution is -2.27. The molecule has 1 saturated carbocycles. The lowest BCUT2D eigenvalue weighted by atomic mass is 9.74. The van der Waals surface area contributed by atoms with Crippen molar-refractivity contribution in [1.82, 2.24) is 9.88 Å². The van der Waals surface area contributed by atoms with E-state index in [9.17, 15) is 9.59 Å². The van der Waals surface area contributed by atoms with Crippen LogP contribution in [0.1, 0.15) is 49.1 Å². The summed E-state index contributed by atoms with van der Waals surface area (Å²) in [5.74, 6) is -0.854. The number of likely N-dealkylation sites (tertiary alicyclic amines) is 1. The van der Waals surface area contributed by atoms with Gasteiger partial charge in [-0.1, -0.05) is 19.3 Å². The summed E-state index contributed by atoms with van der Waals surface area (Å²) in [4.78, 5) is 27.8. The van der Waals surface area contributed by atoms with Gasteiger partial charge >= 0.3 is 0 Å². The van der Waals surface area contributed by atoms with Gasteiger partial charge in [0, 0.05) is 12.7 Å². The number of carbonyl (C=O) groups is 2. The molecule has 2 aliphatic rings. The van der Waals surface area contributed by atoms with Crippen molar-refractivity contribution in [3.05, 3.63) is 24.1 Å². The molecule has 0 radical (unpaired) electrons. The Morgan fingerprint density at radius 3 is 2.73 bits per heavy atom. The number of fused-ring (bicyclic) bond motifs is 1. The van der Waals surface area contributed by atoms with Crippen LogP contribution in [0.5, 0.6) is 0 Å². The van der Waals surface area contributed by atoms with Crippen molar-refractivity contribution in [2.24, 2.45) is 11.1 Å². The van der Waals surface area contributed by atoms with Gasteiger partial charge in [-0.25, -0.2) is 4.98 Å². The summed E-state index contributed by atoms with van der Waals surface area (Å²) in [6, 6.07) is 3.34. The average Bonchev–Trinajstić information content (AvgIpc) is 3.18. The normalized spacial score (nSPS) is 19.1. The number of primary amides is 1. The van der Waals surface area contributed by atoms with Gasteiger partial charge in [-0.15, -0.1) is 0 Å². The zero-order chi connectivity index (χ0) is 18.6. The van der Waals surface area contributed by atoms with E-state index in [-0.39, 0.29) is 17.2 Å². The van der Waals surface area contributed by atoms with Crippen LogP contribution in [0, 0.1) is 5.41 Å². The van der Waals surface area contributed by atoms with Gasteiger partial charge in [0.1, 0.15) is 5.69 Å². The third kappa shape index (κ3) is 3.88. The monoisotopic (exact) mass is 358 g/mol. The molecule has 0 unspecified atom stereocenters. The van der Waals surface area contributed by atoms with E-state index in [0.29, 0.717) is 11.8 Å². The first-order chi connectivity index (χ1) is 12.5. The van der Waals surface area contributed by atoms with E-state index in [1.165, 1.54) is 57.8 Å². The minimum absolute atomic E-state index is 0.101. The predicted molar refractivity (Wildman–Crippen MR) is 99.8 cm³/mol. The maximum absolute atomic E-state index is 11.0. The minimum Gasteiger partial charge on any atom is -0.430 e. The summed E-state index contributed by atoms with van der Waals surface area (Å²) < 4.78 is 5.11. The van der Waals surface area contributed by atoms with Crippen molar-refractivity contribution in [2.75, 3.05) is 25.5 Å². The SMILES string of the molecule is CN1CCC2(CCCCC2)C1.NC(=O)c1oc2ncccc2c1NC=O. The Morgan fingerprint density at radius 2 is 2.12 bits per heavy atom. The Hall–Kier alpha value is -2.41. The van der Waals surface area contributed by atoms with Crippen LogP contribution in [-0.4, -0.2) is 42.3 Å². The highest BCUT2D eigenvalue weighted by Gasteiger charge is 2.37. The zero-order valence-corrected chi connectivity index (χ0v) is 15.2. The first kappa shape index (κ1) is 18.4. The second-order valence-corrected chi connectivity index (χ2v) is 7.34. The van der Waals surface area contributed by atoms with Crippen LogP contribution in [0.2, 0.25) is 0 Å². The van der Waals surface area contributed by atoms with Crippen LogP contribution < -0.4 is 11.1 Å². The van der Waals surface area contributed by atoms with E-state index >= 15 is 0 Å². The molecule has 0 aromatic carbocycles. The molecule has 4 rings (SSSR count). The number of rotatable bonds is 3. The van der Waals surface area contributed by atoms with Crippen LogP contribution in [0.25, 0.3) is 11.1 Å². The lowest BCUT2D eigenvalue weighted by molar-refractivity contribution is -0.105. The number of hydrogen-bond donors (Lipinski definition) is 2. The number of aromatic nitrogens is 1. The highest BCUT2D eigenvalue weighted by molar-refractivity contribution is 6.07. The number of hydrogen-bond acceptors (Lipinski definition) is 5. The number of carbonyl (C=O) groups excluding carboxylic acids is 2. The lowest BCUT2D eigenvalue weighted by Gasteiger charge is -2.32. The number of amides is 2. The third-order valence-corrected chi connectivity index (χ3v) is 5.44. The molecule has 2 fully saturated rings. The molecule has 2 aromatic rings. The van der Waals surface area contributed by atoms with Crippen molar-refractivity contribution in [3.8, 4) is 0 Å². The average molecular weight is 358 g/mol. The van der Waals surface area contributed by atoms with Gasteiger partial charge in [-0.2, -0.15) is 0 Å². The molecule has 1 aliphatic carbocycles. The van der Waals surface area contributed by atoms with E-state index in [1.54, 1.807) is 12.1 Å². The summed E-state index contributed by atoms with van der Waals surface area (Å²) in [5, 5.41) is 2.91. The molecular formula is C19H26N4O3. The van der Waals surface area contributed by atoms with Crippen molar-refractivity contribution in [3.63, 3.8) is 0 Å². The van der Waals surface area contributed by atoms with Gasteiger partial charge in [0.2, 0.25) is 17.9 Å². The highest BCUT2D eigenvalue weighted by Crippen LogP contribution is 2.43. The number of nitrogens with two attached hydrogens (primary N) is 1. The first-order valence-electron chi connectivity index (χ1n) is 9.11. The topological polar surface area (TPSA) is 101 Å². The van der Waals surface area contributed by atoms with Crippen LogP contribution in [-0.2, 0) is 4.79 Å². The highest BCUT2D eigenvalue weighted by atomic mass is 16.4. The molecule has 2 amide bonds. The van der Waals surface area contributed by atoms with Gasteiger partial charge in [0.15, 0.2) is 0 Å². The number of nitrogens with zero attached hydrogens (tertiary/aromatic N) is 2. The molecule has 7 nitrogen and oxygen atoms in total. The van der Waals surface area contributed by atoms with E-state index in [1.807, 2.05) is 0 Å². The molecule has 1 saturated heterocycles. The van der Waals surface area contributed by atoms with Gasteiger partial charge < -0.3 is 20.4 Å². The predicted octanol–water partition coefficient (Wildman–Crippen LogP) is 2.77. The summed E-state index contributed by atoms with van der Waals surface area (Å²) in [6.07, 6.45) is 10.9. The molecule has 0 bridgehead atoms. The van der Waals surface area contributed by atoms with Crippen LogP contribution >= 0.6 is 0 Å². The van der Waals surface area contributed by atoms with Crippen molar-refractivity contribution in [2.45, 2.75) is 38.5 Å². The number of pyridine rings is 1. The van der Waals surface area contributed by atoms with Crippen LogP contribution in [0.15, 0.2) is 22.7 Å². The number of nitrogens with one attached hydrogen (secondary N) is 1. The molecule has 0 atom stereocenters. The van der Waals surface area contributed by atoms with Crippen molar-refractivity contribution < 1.29 is 14.0 Å². The van der Waals surface area contributed by atoms with E-state index in [2.05, 4.69) is 22.2 Å². The summed E-state index contributed by atoms with van der Waals surface area (Å²) in [7, 11) is 2.27. The first-order valence-corrected chi connectivity index (χ1v) is 9.11. The molecule has 1 spiro atoms. The second-order valence-electron chi connectivity index (χ2n) is 7.34. The van der Waals surface area contributed by atoms with E-state index in [4.69, 9.17) is 10.2 Å². The molecule has 3 heterocycles. The molecular weight excluding hydrogens is 332 g/mol.